The number of benzene rings is 2. The molecular weight excluding hydrogens is 452 g/mol. The number of rotatable bonds is 10. The Hall–Kier alpha value is -3.81. The average molecular weight is 477 g/mol. The summed E-state index contributed by atoms with van der Waals surface area (Å²) >= 11 is 0. The number of nitrogens with two attached hydrogens (primary N) is 3. The third-order valence-corrected chi connectivity index (χ3v) is 5.51. The molecule has 0 bridgehead atoms. The van der Waals surface area contributed by atoms with Gasteiger partial charge >= 0.3 is 11.9 Å². The van der Waals surface area contributed by atoms with E-state index in [-0.39, 0.29) is 35.1 Å². The van der Waals surface area contributed by atoms with Crippen LogP contribution in [0.25, 0.3) is 0 Å². The molecule has 176 valence electrons. The van der Waals surface area contributed by atoms with Gasteiger partial charge in [-0.25, -0.2) is 13.2 Å². The van der Waals surface area contributed by atoms with Crippen LogP contribution in [0.4, 0.5) is 0 Å². The fourth-order valence-corrected chi connectivity index (χ4v) is 3.67. The largest absolute Gasteiger partial charge is 0.389 e. The second-order valence-corrected chi connectivity index (χ2v) is 8.36. The number of amides is 1. The fourth-order valence-electron chi connectivity index (χ4n) is 2.54. The number of sulfonamides is 1. The van der Waals surface area contributed by atoms with Crippen molar-refractivity contribution in [3.8, 4) is 0 Å². The highest BCUT2D eigenvalue weighted by molar-refractivity contribution is 7.89. The molecule has 0 aliphatic rings. The van der Waals surface area contributed by atoms with Crippen LogP contribution in [-0.4, -0.2) is 51.5 Å². The summed E-state index contributed by atoms with van der Waals surface area (Å²) in [4.78, 5) is 40.1. The summed E-state index contributed by atoms with van der Waals surface area (Å²) in [6.07, 6.45) is -1.92. The first kappa shape index (κ1) is 25.5. The van der Waals surface area contributed by atoms with Crippen LogP contribution in [0, 0.1) is 0 Å². The number of ether oxygens (including phenoxy) is 1. The zero-order chi connectivity index (χ0) is 24.4. The molecule has 0 saturated carbocycles. The molecule has 0 spiro atoms. The predicted octanol–water partition coefficient (Wildman–Crippen LogP) is -0.973. The summed E-state index contributed by atoms with van der Waals surface area (Å²) in [5, 5.41) is 2.56. The number of nitrogens with one attached hydrogen (secondary N) is 2. The molecule has 0 radical (unpaired) electrons. The summed E-state index contributed by atoms with van der Waals surface area (Å²) in [6, 6.07) is 12.9. The molecule has 33 heavy (non-hydrogen) atoms. The van der Waals surface area contributed by atoms with Crippen LogP contribution >= 0.6 is 0 Å². The molecular formula is C20H24N6O6S. The number of guanidine groups is 1. The second kappa shape index (κ2) is 11.7. The van der Waals surface area contributed by atoms with Gasteiger partial charge in [0.2, 0.25) is 10.0 Å². The van der Waals surface area contributed by atoms with Crippen LogP contribution in [0.1, 0.15) is 27.1 Å². The molecule has 2 rings (SSSR count). The first-order valence-electron chi connectivity index (χ1n) is 9.60. The quantitative estimate of drug-likeness (QED) is 0.0712. The minimum atomic E-state index is -3.95. The van der Waals surface area contributed by atoms with Gasteiger partial charge < -0.3 is 27.3 Å². The van der Waals surface area contributed by atoms with Gasteiger partial charge in [0.1, 0.15) is 0 Å². The standard InChI is InChI=1S/C20H24N6O6S/c21-16(26-33(30,31)15-7-2-1-3-8-15)12-17(27)32-19(29)14-6-4-5-13(11-14)18(28)24-9-10-25-20(22)23/h1-8,11,16,26H,9-10,12,21H2,(H,24,28)(H4,22,23,25)/t16-/m0/s1. The Morgan fingerprint density at radius 2 is 1.67 bits per heavy atom. The number of aliphatic imine (C=N–C) groups is 1. The Kier molecular flexibility index (Phi) is 9.03. The lowest BCUT2D eigenvalue weighted by Gasteiger charge is -2.13. The van der Waals surface area contributed by atoms with Crippen molar-refractivity contribution in [2.24, 2.45) is 22.2 Å². The smallest absolute Gasteiger partial charge is 0.345 e. The van der Waals surface area contributed by atoms with E-state index in [1.165, 1.54) is 48.5 Å². The van der Waals surface area contributed by atoms with Gasteiger partial charge in [0, 0.05) is 12.1 Å². The monoisotopic (exact) mass is 476 g/mol. The van der Waals surface area contributed by atoms with E-state index in [2.05, 4.69) is 15.0 Å². The van der Waals surface area contributed by atoms with E-state index in [9.17, 15) is 22.8 Å². The fraction of sp³-hybridized carbons (Fsp3) is 0.200. The third kappa shape index (κ3) is 8.33. The number of carbonyl (C=O) groups excluding carboxylic acids is 3. The molecule has 0 aliphatic heterocycles. The van der Waals surface area contributed by atoms with Crippen molar-refractivity contribution in [2.75, 3.05) is 13.1 Å². The van der Waals surface area contributed by atoms with Crippen LogP contribution < -0.4 is 27.2 Å². The summed E-state index contributed by atoms with van der Waals surface area (Å²) in [7, 11) is -3.95. The van der Waals surface area contributed by atoms with Crippen molar-refractivity contribution in [1.82, 2.24) is 10.0 Å². The Bertz CT molecular complexity index is 1130. The minimum Gasteiger partial charge on any atom is -0.389 e. The Balaban J connectivity index is 1.91. The molecule has 0 saturated heterocycles. The predicted molar refractivity (Wildman–Crippen MR) is 119 cm³/mol. The van der Waals surface area contributed by atoms with E-state index in [1.807, 2.05) is 0 Å². The minimum absolute atomic E-state index is 0.0294. The van der Waals surface area contributed by atoms with Crippen LogP contribution in [0.15, 0.2) is 64.5 Å². The molecule has 0 unspecified atom stereocenters. The zero-order valence-electron chi connectivity index (χ0n) is 17.4. The molecule has 0 aliphatic carbocycles. The maximum atomic E-state index is 12.3. The van der Waals surface area contributed by atoms with Gasteiger partial charge in [-0.2, -0.15) is 4.72 Å². The van der Waals surface area contributed by atoms with Crippen molar-refractivity contribution in [1.29, 1.82) is 0 Å². The molecule has 2 aromatic rings. The van der Waals surface area contributed by atoms with Crippen molar-refractivity contribution in [3.63, 3.8) is 0 Å². The van der Waals surface area contributed by atoms with Crippen LogP contribution in [0.5, 0.6) is 0 Å². The lowest BCUT2D eigenvalue weighted by atomic mass is 10.1. The highest BCUT2D eigenvalue weighted by atomic mass is 32.2. The molecule has 0 heterocycles. The molecule has 13 heteroatoms. The van der Waals surface area contributed by atoms with Gasteiger partial charge in [-0.05, 0) is 30.3 Å². The Labute approximate surface area is 190 Å². The van der Waals surface area contributed by atoms with Gasteiger partial charge in [0.15, 0.2) is 5.96 Å². The average Bonchev–Trinajstić information content (AvgIpc) is 2.76. The number of nitrogens with zero attached hydrogens (tertiary/aromatic N) is 1. The van der Waals surface area contributed by atoms with Gasteiger partial charge in [-0.3, -0.25) is 14.6 Å². The Morgan fingerprint density at radius 1 is 1.00 bits per heavy atom. The van der Waals surface area contributed by atoms with Crippen LogP contribution in [-0.2, 0) is 19.6 Å². The number of esters is 2. The first-order chi connectivity index (χ1) is 15.6. The molecule has 1 amide bonds. The first-order valence-corrected chi connectivity index (χ1v) is 11.1. The van der Waals surface area contributed by atoms with Crippen molar-refractivity contribution in [2.45, 2.75) is 17.5 Å². The van der Waals surface area contributed by atoms with E-state index in [1.54, 1.807) is 6.07 Å². The molecule has 2 aromatic carbocycles. The zero-order valence-corrected chi connectivity index (χ0v) is 18.2. The maximum Gasteiger partial charge on any atom is 0.345 e. The summed E-state index contributed by atoms with van der Waals surface area (Å²) < 4.78 is 31.3. The van der Waals surface area contributed by atoms with Gasteiger partial charge in [-0.15, -0.1) is 0 Å². The van der Waals surface area contributed by atoms with E-state index >= 15 is 0 Å². The third-order valence-electron chi connectivity index (χ3n) is 4.01. The second-order valence-electron chi connectivity index (χ2n) is 6.65. The molecule has 1 atom stereocenters. The van der Waals surface area contributed by atoms with Crippen molar-refractivity contribution < 1.29 is 27.5 Å². The SMILES string of the molecule is NC(N)=NCCNC(=O)c1cccc(C(=O)OC(=O)C[C@@H](N)NS(=O)(=O)c2ccccc2)c1. The van der Waals surface area contributed by atoms with Gasteiger partial charge in [-0.1, -0.05) is 24.3 Å². The van der Waals surface area contributed by atoms with Gasteiger partial charge in [0.05, 0.1) is 29.6 Å². The number of hydrogen-bond acceptors (Lipinski definition) is 8. The normalized spacial score (nSPS) is 11.8. The molecule has 0 aromatic heterocycles. The summed E-state index contributed by atoms with van der Waals surface area (Å²) in [5.41, 5.74) is 16.2. The highest BCUT2D eigenvalue weighted by Gasteiger charge is 2.22. The van der Waals surface area contributed by atoms with E-state index in [4.69, 9.17) is 21.9 Å². The molecule has 0 fully saturated rings. The summed E-state index contributed by atoms with van der Waals surface area (Å²) in [6.45, 7) is 0.346. The van der Waals surface area contributed by atoms with Crippen molar-refractivity contribution >= 4 is 33.8 Å². The van der Waals surface area contributed by atoms with E-state index in [0.29, 0.717) is 0 Å². The number of carbonyl (C=O) groups is 3. The lowest BCUT2D eigenvalue weighted by Crippen LogP contribution is -2.43. The summed E-state index contributed by atoms with van der Waals surface area (Å²) in [5.74, 6) is -2.66. The van der Waals surface area contributed by atoms with Crippen LogP contribution in [0.2, 0.25) is 0 Å². The molecule has 8 N–H and O–H groups in total. The van der Waals surface area contributed by atoms with Gasteiger partial charge in [0.25, 0.3) is 5.91 Å². The highest BCUT2D eigenvalue weighted by Crippen LogP contribution is 2.10. The number of hydrogen-bond donors (Lipinski definition) is 5. The van der Waals surface area contributed by atoms with E-state index < -0.39 is 40.5 Å². The lowest BCUT2D eigenvalue weighted by molar-refractivity contribution is -0.138. The molecule has 12 nitrogen and oxygen atoms in total. The maximum absolute atomic E-state index is 12.3. The van der Waals surface area contributed by atoms with Crippen LogP contribution in [0.3, 0.4) is 0 Å². The Morgan fingerprint density at radius 3 is 2.33 bits per heavy atom. The van der Waals surface area contributed by atoms with E-state index in [0.717, 1.165) is 0 Å². The van der Waals surface area contributed by atoms with Crippen molar-refractivity contribution in [3.05, 3.63) is 65.7 Å². The topological polar surface area (TPSA) is 209 Å².